The van der Waals surface area contributed by atoms with Crippen LogP contribution in [0.1, 0.15) is 26.3 Å². The number of hydrogen-bond donors (Lipinski definition) is 0. The second kappa shape index (κ2) is 13.9. The Hall–Kier alpha value is -3.24. The Morgan fingerprint density at radius 1 is 0.700 bits per heavy atom. The smallest absolute Gasteiger partial charge is 0.0798 e. The second-order valence-electron chi connectivity index (χ2n) is 11.9. The van der Waals surface area contributed by atoms with E-state index in [1.54, 1.807) is 6.20 Å². The Bertz CT molecular complexity index is 1400. The van der Waals surface area contributed by atoms with Crippen LogP contribution in [0.5, 0.6) is 0 Å². The van der Waals surface area contributed by atoms with Crippen molar-refractivity contribution in [2.24, 2.45) is 5.41 Å². The van der Waals surface area contributed by atoms with Gasteiger partial charge in [0.25, 0.3) is 0 Å². The van der Waals surface area contributed by atoms with Gasteiger partial charge in [0.2, 0.25) is 0 Å². The molecule has 40 heavy (non-hydrogen) atoms. The first-order valence-corrected chi connectivity index (χ1v) is 16.9. The molecule has 0 saturated carbocycles. The van der Waals surface area contributed by atoms with E-state index < -0.39 is 8.07 Å². The Morgan fingerprint density at radius 3 is 1.98 bits per heavy atom. The number of rotatable bonds is 5. The molecule has 0 atom stereocenters. The van der Waals surface area contributed by atoms with E-state index in [1.165, 1.54) is 16.3 Å². The van der Waals surface area contributed by atoms with Crippen molar-refractivity contribution in [3.8, 4) is 33.8 Å². The van der Waals surface area contributed by atoms with Crippen molar-refractivity contribution >= 4 is 13.3 Å². The Balaban J connectivity index is 0.000000217. The summed E-state index contributed by atoms with van der Waals surface area (Å²) in [6.45, 7) is 14.1. The molecule has 0 aliphatic heterocycles. The normalized spacial score (nSPS) is 11.2. The fourth-order valence-electron chi connectivity index (χ4n) is 4.39. The molecule has 0 saturated heterocycles. The predicted molar refractivity (Wildman–Crippen MR) is 166 cm³/mol. The maximum Gasteiger partial charge on any atom is 0.0798 e. The van der Waals surface area contributed by atoms with Gasteiger partial charge in [-0.2, -0.15) is 12.1 Å². The van der Waals surface area contributed by atoms with Crippen molar-refractivity contribution in [1.82, 2.24) is 15.0 Å². The number of hydrogen-bond acceptors (Lipinski definition) is 3. The minimum Gasteiger partial charge on any atom is -0.317 e. The maximum atomic E-state index is 4.71. The van der Waals surface area contributed by atoms with Gasteiger partial charge in [-0.25, -0.2) is 0 Å². The number of aromatic nitrogens is 3. The number of nitrogens with zero attached hydrogens (tertiary/aromatic N) is 3. The van der Waals surface area contributed by atoms with Crippen LogP contribution in [0.15, 0.2) is 104 Å². The Labute approximate surface area is 254 Å². The minimum atomic E-state index is -1.37. The molecule has 3 aromatic heterocycles. The van der Waals surface area contributed by atoms with E-state index in [0.29, 0.717) is 0 Å². The van der Waals surface area contributed by atoms with Gasteiger partial charge >= 0.3 is 0 Å². The van der Waals surface area contributed by atoms with E-state index in [4.69, 9.17) is 4.98 Å². The molecular weight excluding hydrogens is 683 g/mol. The van der Waals surface area contributed by atoms with Crippen LogP contribution in [0, 0.1) is 17.5 Å². The van der Waals surface area contributed by atoms with Gasteiger partial charge < -0.3 is 9.97 Å². The van der Waals surface area contributed by atoms with Gasteiger partial charge in [-0.05, 0) is 51.4 Å². The van der Waals surface area contributed by atoms with Crippen LogP contribution in [0.25, 0.3) is 33.8 Å². The molecule has 0 spiro atoms. The van der Waals surface area contributed by atoms with E-state index >= 15 is 0 Å². The summed E-state index contributed by atoms with van der Waals surface area (Å²) in [5.74, 6) is 0. The van der Waals surface area contributed by atoms with Crippen LogP contribution in [0.2, 0.25) is 19.6 Å². The molecule has 0 amide bonds. The summed E-state index contributed by atoms with van der Waals surface area (Å²) in [5, 5.41) is 1.48. The van der Waals surface area contributed by atoms with Crippen molar-refractivity contribution < 1.29 is 20.1 Å². The van der Waals surface area contributed by atoms with E-state index in [2.05, 4.69) is 99.0 Å². The monoisotopic (exact) mass is 720 g/mol. The van der Waals surface area contributed by atoms with Crippen molar-refractivity contribution in [2.75, 3.05) is 0 Å². The summed E-state index contributed by atoms with van der Waals surface area (Å²) in [6, 6.07) is 34.6. The zero-order valence-electron chi connectivity index (χ0n) is 24.2. The summed E-state index contributed by atoms with van der Waals surface area (Å²) >= 11 is 0. The predicted octanol–water partition coefficient (Wildman–Crippen LogP) is 8.29. The SMILES string of the molecule is CC(C)(C)Cc1cc(-c2[c-]cccc2)ncc1[Si](C)(C)C.[Ir].[c-]1cccnc1-c1ccc(-c2ccccc2)cn1. The third-order valence-corrected chi connectivity index (χ3v) is 8.29. The van der Waals surface area contributed by atoms with Gasteiger partial charge in [0, 0.05) is 32.5 Å². The maximum absolute atomic E-state index is 4.71. The summed E-state index contributed by atoms with van der Waals surface area (Å²) in [5.41, 5.74) is 7.76. The molecule has 5 rings (SSSR count). The summed E-state index contributed by atoms with van der Waals surface area (Å²) < 4.78 is 0. The molecule has 0 aliphatic rings. The topological polar surface area (TPSA) is 38.7 Å². The fourth-order valence-corrected chi connectivity index (χ4v) is 5.97. The van der Waals surface area contributed by atoms with E-state index in [1.807, 2.05) is 60.8 Å². The van der Waals surface area contributed by atoms with Crippen LogP contribution in [-0.4, -0.2) is 23.0 Å². The molecule has 0 unspecified atom stereocenters. The molecule has 3 nitrogen and oxygen atoms in total. The molecule has 2 aromatic carbocycles. The summed E-state index contributed by atoms with van der Waals surface area (Å²) in [6.07, 6.45) is 6.82. The Kier molecular flexibility index (Phi) is 10.9. The van der Waals surface area contributed by atoms with E-state index in [9.17, 15) is 0 Å². The largest absolute Gasteiger partial charge is 0.317 e. The molecule has 5 heteroatoms. The average Bonchev–Trinajstić information content (AvgIpc) is 2.93. The van der Waals surface area contributed by atoms with Gasteiger partial charge in [-0.3, -0.25) is 4.98 Å². The van der Waals surface area contributed by atoms with Gasteiger partial charge in [-0.15, -0.1) is 42.0 Å². The average molecular weight is 720 g/mol. The zero-order valence-corrected chi connectivity index (χ0v) is 27.6. The molecule has 5 aromatic rings. The molecular formula is C35H37IrN3Si-2. The van der Waals surface area contributed by atoms with E-state index in [0.717, 1.165) is 34.6 Å². The molecule has 0 N–H and O–H groups in total. The van der Waals surface area contributed by atoms with Crippen molar-refractivity contribution in [3.05, 3.63) is 121 Å². The van der Waals surface area contributed by atoms with Crippen LogP contribution >= 0.6 is 0 Å². The first-order chi connectivity index (χ1) is 18.6. The van der Waals surface area contributed by atoms with Crippen LogP contribution in [0.3, 0.4) is 0 Å². The quantitative estimate of drug-likeness (QED) is 0.136. The number of pyridine rings is 3. The molecule has 3 heterocycles. The third-order valence-electron chi connectivity index (χ3n) is 6.22. The fraction of sp³-hybridized carbons (Fsp3) is 0.229. The standard InChI is InChI=1S/C19H26NSi.C16H11N2.Ir/c1-19(2,3)13-16-12-17(15-10-8-7-9-11-15)20-14-18(16)21(4,5)6;1-2-6-13(7-3-1)14-9-10-16(18-12-14)15-8-4-5-11-17-15;/h7-10,12,14H,13H2,1-6H3;1-7,9-12H;/q2*-1;. The summed E-state index contributed by atoms with van der Waals surface area (Å²) in [7, 11) is -1.37. The minimum absolute atomic E-state index is 0. The molecule has 1 radical (unpaired) electrons. The first-order valence-electron chi connectivity index (χ1n) is 13.4. The van der Waals surface area contributed by atoms with Crippen molar-refractivity contribution in [3.63, 3.8) is 0 Å². The Morgan fingerprint density at radius 2 is 1.40 bits per heavy atom. The van der Waals surface area contributed by atoms with Gasteiger partial charge in [-0.1, -0.05) is 94.5 Å². The second-order valence-corrected chi connectivity index (χ2v) is 17.0. The van der Waals surface area contributed by atoms with Gasteiger partial charge in [0.05, 0.1) is 8.07 Å². The van der Waals surface area contributed by atoms with E-state index in [-0.39, 0.29) is 25.5 Å². The van der Waals surface area contributed by atoms with Gasteiger partial charge in [0.1, 0.15) is 0 Å². The molecule has 207 valence electrons. The third kappa shape index (κ3) is 8.89. The molecule has 0 fully saturated rings. The van der Waals surface area contributed by atoms with Gasteiger partial charge in [0.15, 0.2) is 0 Å². The van der Waals surface area contributed by atoms with Crippen LogP contribution in [-0.2, 0) is 26.5 Å². The zero-order chi connectivity index (χ0) is 27.9. The molecule has 0 bridgehead atoms. The van der Waals surface area contributed by atoms with Crippen LogP contribution in [0.4, 0.5) is 0 Å². The first kappa shape index (κ1) is 31.3. The number of benzene rings is 2. The summed E-state index contributed by atoms with van der Waals surface area (Å²) in [4.78, 5) is 13.4. The van der Waals surface area contributed by atoms with Crippen molar-refractivity contribution in [1.29, 1.82) is 0 Å². The van der Waals surface area contributed by atoms with Crippen LogP contribution < -0.4 is 5.19 Å². The molecule has 0 aliphatic carbocycles. The van der Waals surface area contributed by atoms with Crippen molar-refractivity contribution in [2.45, 2.75) is 46.8 Å².